The highest BCUT2D eigenvalue weighted by atomic mass is 32.1. The van der Waals surface area contributed by atoms with Crippen molar-refractivity contribution in [2.45, 2.75) is 13.8 Å². The Balaban J connectivity index is 2.22. The van der Waals surface area contributed by atoms with E-state index in [0.29, 0.717) is 0 Å². The van der Waals surface area contributed by atoms with Crippen LogP contribution in [0, 0.1) is 18.5 Å². The number of nitrogens with one attached hydrogen (secondary N) is 1. The van der Waals surface area contributed by atoms with E-state index < -0.39 is 0 Å². The molecule has 2 aromatic heterocycles. The highest BCUT2D eigenvalue weighted by Crippen LogP contribution is 2.19. The molecule has 0 aliphatic heterocycles. The smallest absolute Gasteiger partial charge is 0.155 e. The molecule has 0 atom stereocenters. The van der Waals surface area contributed by atoms with Gasteiger partial charge >= 0.3 is 0 Å². The molecule has 0 unspecified atom stereocenters. The first-order valence-electron chi connectivity index (χ1n) is 5.80. The van der Waals surface area contributed by atoms with Gasteiger partial charge in [0.2, 0.25) is 0 Å². The van der Waals surface area contributed by atoms with Crippen LogP contribution in [-0.2, 0) is 0 Å². The summed E-state index contributed by atoms with van der Waals surface area (Å²) in [6.45, 7) is 4.03. The van der Waals surface area contributed by atoms with Crippen LogP contribution in [0.1, 0.15) is 11.3 Å². The maximum atomic E-state index is 5.32. The Morgan fingerprint density at radius 3 is 2.56 bits per heavy atom. The SMILES string of the molecule is Cc1ccc(-c2cc3nc(C)cc(=S)n3[nH]2)cc1. The summed E-state index contributed by atoms with van der Waals surface area (Å²) in [6.07, 6.45) is 0. The lowest BCUT2D eigenvalue weighted by atomic mass is 10.1. The molecule has 1 aromatic carbocycles. The van der Waals surface area contributed by atoms with E-state index in [-0.39, 0.29) is 0 Å². The predicted molar refractivity (Wildman–Crippen MR) is 75.3 cm³/mol. The fraction of sp³-hybridized carbons (Fsp3) is 0.143. The zero-order valence-electron chi connectivity index (χ0n) is 10.3. The molecule has 0 saturated heterocycles. The van der Waals surface area contributed by atoms with E-state index >= 15 is 0 Å². The number of fused-ring (bicyclic) bond motifs is 1. The Morgan fingerprint density at radius 1 is 1.11 bits per heavy atom. The monoisotopic (exact) mass is 255 g/mol. The number of aromatic nitrogens is 3. The summed E-state index contributed by atoms with van der Waals surface area (Å²) >= 11 is 5.32. The number of rotatable bonds is 1. The average Bonchev–Trinajstić information content (AvgIpc) is 2.74. The molecule has 0 amide bonds. The Bertz CT molecular complexity index is 766. The summed E-state index contributed by atoms with van der Waals surface area (Å²) in [5.41, 5.74) is 5.21. The molecule has 0 radical (unpaired) electrons. The summed E-state index contributed by atoms with van der Waals surface area (Å²) < 4.78 is 2.58. The second-order valence-corrected chi connectivity index (χ2v) is 4.88. The second kappa shape index (κ2) is 4.07. The van der Waals surface area contributed by atoms with E-state index in [1.54, 1.807) is 0 Å². The van der Waals surface area contributed by atoms with Crippen molar-refractivity contribution in [1.82, 2.24) is 14.6 Å². The lowest BCUT2D eigenvalue weighted by Gasteiger charge is -1.98. The number of benzene rings is 1. The molecule has 4 heteroatoms. The summed E-state index contributed by atoms with van der Waals surface area (Å²) in [7, 11) is 0. The molecule has 0 bridgehead atoms. The third-order valence-corrected chi connectivity index (χ3v) is 3.24. The molecule has 1 N–H and O–H groups in total. The number of nitrogens with zero attached hydrogens (tertiary/aromatic N) is 2. The van der Waals surface area contributed by atoms with Crippen molar-refractivity contribution in [2.24, 2.45) is 0 Å². The van der Waals surface area contributed by atoms with Crippen molar-refractivity contribution >= 4 is 17.9 Å². The Hall–Kier alpha value is -1.94. The van der Waals surface area contributed by atoms with Gasteiger partial charge in [-0.25, -0.2) is 9.50 Å². The topological polar surface area (TPSA) is 33.1 Å². The van der Waals surface area contributed by atoms with Crippen LogP contribution in [0.5, 0.6) is 0 Å². The third kappa shape index (κ3) is 1.84. The van der Waals surface area contributed by atoms with Crippen molar-refractivity contribution in [3.05, 3.63) is 52.3 Å². The van der Waals surface area contributed by atoms with Gasteiger partial charge in [0.25, 0.3) is 0 Å². The summed E-state index contributed by atoms with van der Waals surface area (Å²) in [4.78, 5) is 4.47. The van der Waals surface area contributed by atoms with Crippen molar-refractivity contribution in [1.29, 1.82) is 0 Å². The van der Waals surface area contributed by atoms with Crippen molar-refractivity contribution in [3.8, 4) is 11.3 Å². The molecule has 2 heterocycles. The third-order valence-electron chi connectivity index (χ3n) is 2.94. The van der Waals surface area contributed by atoms with Gasteiger partial charge in [-0.05, 0) is 25.5 Å². The van der Waals surface area contributed by atoms with Crippen molar-refractivity contribution in [2.75, 3.05) is 0 Å². The van der Waals surface area contributed by atoms with E-state index in [4.69, 9.17) is 12.2 Å². The minimum Gasteiger partial charge on any atom is -0.291 e. The fourth-order valence-corrected chi connectivity index (χ4v) is 2.30. The van der Waals surface area contributed by atoms with E-state index in [1.807, 2.05) is 23.6 Å². The summed E-state index contributed by atoms with van der Waals surface area (Å²) in [5, 5.41) is 3.28. The van der Waals surface area contributed by atoms with E-state index in [1.165, 1.54) is 5.56 Å². The Kier molecular flexibility index (Phi) is 2.52. The molecule has 0 aliphatic carbocycles. The van der Waals surface area contributed by atoms with Crippen LogP contribution in [0.25, 0.3) is 16.9 Å². The van der Waals surface area contributed by atoms with Gasteiger partial charge in [0.05, 0.1) is 5.69 Å². The van der Waals surface area contributed by atoms with Gasteiger partial charge in [0.1, 0.15) is 4.64 Å². The molecular weight excluding hydrogens is 242 g/mol. The molecule has 0 fully saturated rings. The normalized spacial score (nSPS) is 11.0. The van der Waals surface area contributed by atoms with E-state index in [2.05, 4.69) is 41.3 Å². The van der Waals surface area contributed by atoms with Crippen molar-refractivity contribution in [3.63, 3.8) is 0 Å². The van der Waals surface area contributed by atoms with Gasteiger partial charge in [-0.1, -0.05) is 42.0 Å². The predicted octanol–water partition coefficient (Wildman–Crippen LogP) is 3.68. The minimum atomic E-state index is 0.746. The quantitative estimate of drug-likeness (QED) is 0.673. The lowest BCUT2D eigenvalue weighted by molar-refractivity contribution is 0.918. The van der Waals surface area contributed by atoms with Crippen LogP contribution < -0.4 is 0 Å². The van der Waals surface area contributed by atoms with Crippen LogP contribution in [0.3, 0.4) is 0 Å². The Morgan fingerprint density at radius 2 is 1.83 bits per heavy atom. The zero-order chi connectivity index (χ0) is 12.7. The molecule has 3 aromatic rings. The largest absolute Gasteiger partial charge is 0.291 e. The maximum Gasteiger partial charge on any atom is 0.155 e. The second-order valence-electron chi connectivity index (χ2n) is 4.47. The Labute approximate surface area is 110 Å². The molecule has 0 aliphatic rings. The zero-order valence-corrected chi connectivity index (χ0v) is 11.1. The van der Waals surface area contributed by atoms with Crippen molar-refractivity contribution < 1.29 is 0 Å². The van der Waals surface area contributed by atoms with Gasteiger partial charge in [-0.3, -0.25) is 5.10 Å². The molecule has 0 spiro atoms. The standard InChI is InChI=1S/C14H13N3S/c1-9-3-5-11(6-4-9)12-8-13-15-10(2)7-14(18)17(13)16-12/h3-8,16H,1-2H3. The van der Waals surface area contributed by atoms with E-state index in [0.717, 1.165) is 27.2 Å². The summed E-state index contributed by atoms with van der Waals surface area (Å²) in [5.74, 6) is 0. The van der Waals surface area contributed by atoms with Gasteiger partial charge in [0.15, 0.2) is 5.65 Å². The molecule has 18 heavy (non-hydrogen) atoms. The van der Waals surface area contributed by atoms with Crippen LogP contribution >= 0.6 is 12.2 Å². The number of aromatic amines is 1. The van der Waals surface area contributed by atoms with Gasteiger partial charge in [-0.2, -0.15) is 0 Å². The maximum absolute atomic E-state index is 5.32. The van der Waals surface area contributed by atoms with Crippen LogP contribution in [0.4, 0.5) is 0 Å². The van der Waals surface area contributed by atoms with Gasteiger partial charge in [0, 0.05) is 11.8 Å². The van der Waals surface area contributed by atoms with Gasteiger partial charge in [-0.15, -0.1) is 0 Å². The van der Waals surface area contributed by atoms with Crippen LogP contribution in [-0.4, -0.2) is 14.6 Å². The molecule has 0 saturated carbocycles. The fourth-order valence-electron chi connectivity index (χ4n) is 1.99. The van der Waals surface area contributed by atoms with Gasteiger partial charge < -0.3 is 0 Å². The van der Waals surface area contributed by atoms with Crippen LogP contribution in [0.2, 0.25) is 0 Å². The number of H-pyrrole nitrogens is 1. The van der Waals surface area contributed by atoms with E-state index in [9.17, 15) is 0 Å². The highest BCUT2D eigenvalue weighted by Gasteiger charge is 2.04. The molecule has 3 rings (SSSR count). The first-order valence-corrected chi connectivity index (χ1v) is 6.21. The number of hydrogen-bond acceptors (Lipinski definition) is 2. The molecule has 90 valence electrons. The molecular formula is C14H13N3S. The number of aryl methyl sites for hydroxylation is 2. The average molecular weight is 255 g/mol. The van der Waals surface area contributed by atoms with Crippen LogP contribution in [0.15, 0.2) is 36.4 Å². The summed E-state index contributed by atoms with van der Waals surface area (Å²) in [6, 6.07) is 12.3. The highest BCUT2D eigenvalue weighted by molar-refractivity contribution is 7.71. The number of hydrogen-bond donors (Lipinski definition) is 1. The molecule has 3 nitrogen and oxygen atoms in total. The minimum absolute atomic E-state index is 0.746. The lowest BCUT2D eigenvalue weighted by Crippen LogP contribution is -1.93. The first kappa shape index (κ1) is 11.2. The first-order chi connectivity index (χ1) is 8.63.